The summed E-state index contributed by atoms with van der Waals surface area (Å²) in [6, 6.07) is 18.4. The van der Waals surface area contributed by atoms with Gasteiger partial charge in [0.25, 0.3) is 0 Å². The first-order chi connectivity index (χ1) is 16.3. The van der Waals surface area contributed by atoms with Crippen molar-refractivity contribution in [1.29, 1.82) is 0 Å². The predicted octanol–water partition coefficient (Wildman–Crippen LogP) is 2.88. The monoisotopic (exact) mass is 469 g/mol. The van der Waals surface area contributed by atoms with E-state index in [1.807, 2.05) is 65.6 Å². The summed E-state index contributed by atoms with van der Waals surface area (Å²) in [5.41, 5.74) is 1.96. The lowest BCUT2D eigenvalue weighted by molar-refractivity contribution is -0.158. The van der Waals surface area contributed by atoms with Crippen molar-refractivity contribution in [2.24, 2.45) is 0 Å². The number of nitrogens with zero attached hydrogens (tertiary/aromatic N) is 1. The molecule has 8 heteroatoms. The lowest BCUT2D eigenvalue weighted by Gasteiger charge is -2.30. The summed E-state index contributed by atoms with van der Waals surface area (Å²) in [5, 5.41) is 0. The number of likely N-dealkylation sites (tertiary alicyclic amines) is 1. The maximum Gasteiger partial charge on any atom is 0.303 e. The molecule has 3 rings (SSSR count). The number of esters is 3. The lowest BCUT2D eigenvalue weighted by Crippen LogP contribution is -2.44. The first kappa shape index (κ1) is 25.4. The van der Waals surface area contributed by atoms with Gasteiger partial charge in [0.15, 0.2) is 0 Å². The van der Waals surface area contributed by atoms with Crippen LogP contribution in [0.3, 0.4) is 0 Å². The van der Waals surface area contributed by atoms with Crippen LogP contribution in [0.4, 0.5) is 0 Å². The Balaban J connectivity index is 1.95. The van der Waals surface area contributed by atoms with Gasteiger partial charge in [-0.3, -0.25) is 19.3 Å². The molecule has 0 radical (unpaired) electrons. The van der Waals surface area contributed by atoms with Crippen LogP contribution in [0.2, 0.25) is 0 Å². The Hall–Kier alpha value is -3.23. The Morgan fingerprint density at radius 2 is 1.21 bits per heavy atom. The van der Waals surface area contributed by atoms with E-state index in [4.69, 9.17) is 18.9 Å². The van der Waals surface area contributed by atoms with Crippen LogP contribution in [0.25, 0.3) is 0 Å². The highest BCUT2D eigenvalue weighted by Gasteiger charge is 2.52. The largest absolute Gasteiger partial charge is 0.464 e. The van der Waals surface area contributed by atoms with Crippen molar-refractivity contribution < 1.29 is 33.3 Å². The van der Waals surface area contributed by atoms with Gasteiger partial charge in [-0.2, -0.15) is 0 Å². The molecule has 0 aliphatic carbocycles. The summed E-state index contributed by atoms with van der Waals surface area (Å²) >= 11 is 0. The first-order valence-electron chi connectivity index (χ1n) is 11.2. The zero-order valence-corrected chi connectivity index (χ0v) is 19.7. The molecular weight excluding hydrogens is 438 g/mol. The predicted molar refractivity (Wildman–Crippen MR) is 123 cm³/mol. The molecule has 2 aromatic carbocycles. The average molecular weight is 470 g/mol. The third kappa shape index (κ3) is 7.13. The Morgan fingerprint density at radius 1 is 0.706 bits per heavy atom. The zero-order valence-electron chi connectivity index (χ0n) is 19.7. The minimum atomic E-state index is -0.732. The van der Waals surface area contributed by atoms with Crippen LogP contribution in [-0.2, 0) is 46.5 Å². The van der Waals surface area contributed by atoms with E-state index in [0.29, 0.717) is 6.54 Å². The molecule has 0 spiro atoms. The second kappa shape index (κ2) is 12.3. The molecule has 0 unspecified atom stereocenters. The summed E-state index contributed by atoms with van der Waals surface area (Å²) in [7, 11) is 0. The molecule has 1 fully saturated rings. The fourth-order valence-electron chi connectivity index (χ4n) is 4.19. The number of benzene rings is 2. The van der Waals surface area contributed by atoms with Crippen LogP contribution in [0.15, 0.2) is 60.7 Å². The van der Waals surface area contributed by atoms with Crippen molar-refractivity contribution in [3.8, 4) is 0 Å². The fraction of sp³-hybridized carbons (Fsp3) is 0.423. The van der Waals surface area contributed by atoms with E-state index < -0.39 is 42.2 Å². The second-order valence-corrected chi connectivity index (χ2v) is 8.23. The molecule has 1 heterocycles. The molecule has 1 saturated heterocycles. The van der Waals surface area contributed by atoms with Crippen LogP contribution in [0.5, 0.6) is 0 Å². The van der Waals surface area contributed by atoms with Gasteiger partial charge < -0.3 is 18.9 Å². The van der Waals surface area contributed by atoms with E-state index in [-0.39, 0.29) is 19.8 Å². The zero-order chi connectivity index (χ0) is 24.5. The Kier molecular flexibility index (Phi) is 9.18. The van der Waals surface area contributed by atoms with Crippen molar-refractivity contribution in [3.63, 3.8) is 0 Å². The second-order valence-electron chi connectivity index (χ2n) is 8.23. The van der Waals surface area contributed by atoms with E-state index in [2.05, 4.69) is 0 Å². The first-order valence-corrected chi connectivity index (χ1v) is 11.2. The van der Waals surface area contributed by atoms with Crippen LogP contribution >= 0.6 is 0 Å². The van der Waals surface area contributed by atoms with Crippen molar-refractivity contribution in [2.45, 2.75) is 58.2 Å². The Bertz CT molecular complexity index is 950. The molecule has 34 heavy (non-hydrogen) atoms. The van der Waals surface area contributed by atoms with Crippen LogP contribution in [0, 0.1) is 0 Å². The molecule has 4 atom stereocenters. The molecule has 1 aliphatic heterocycles. The van der Waals surface area contributed by atoms with Gasteiger partial charge in [0.1, 0.15) is 25.4 Å². The normalized spacial score (nSPS) is 22.2. The van der Waals surface area contributed by atoms with Gasteiger partial charge >= 0.3 is 17.9 Å². The minimum absolute atomic E-state index is 0.00187. The molecule has 0 bridgehead atoms. The number of rotatable bonds is 10. The average Bonchev–Trinajstić information content (AvgIpc) is 3.06. The van der Waals surface area contributed by atoms with Crippen LogP contribution in [-0.4, -0.2) is 60.3 Å². The third-order valence-corrected chi connectivity index (χ3v) is 5.64. The topological polar surface area (TPSA) is 91.4 Å². The summed E-state index contributed by atoms with van der Waals surface area (Å²) in [5.74, 6) is -1.33. The highest BCUT2D eigenvalue weighted by Crippen LogP contribution is 2.33. The molecule has 0 aromatic heterocycles. The number of carbonyl (C=O) groups is 3. The van der Waals surface area contributed by atoms with Crippen molar-refractivity contribution >= 4 is 17.9 Å². The van der Waals surface area contributed by atoms with Crippen molar-refractivity contribution in [2.75, 3.05) is 13.2 Å². The lowest BCUT2D eigenvalue weighted by atomic mass is 10.1. The quantitative estimate of drug-likeness (QED) is 0.388. The number of hydrogen-bond acceptors (Lipinski definition) is 8. The summed E-state index contributed by atoms with van der Waals surface area (Å²) in [6.45, 7) is 4.78. The number of hydrogen-bond donors (Lipinski definition) is 0. The molecule has 0 N–H and O–H groups in total. The smallest absolute Gasteiger partial charge is 0.303 e. The van der Waals surface area contributed by atoms with E-state index in [1.54, 1.807) is 0 Å². The maximum atomic E-state index is 12.1. The van der Waals surface area contributed by atoms with E-state index >= 15 is 0 Å². The molecule has 2 aromatic rings. The van der Waals surface area contributed by atoms with E-state index in [0.717, 1.165) is 11.1 Å². The van der Waals surface area contributed by atoms with Gasteiger partial charge in [-0.25, -0.2) is 0 Å². The minimum Gasteiger partial charge on any atom is -0.464 e. The standard InChI is InChI=1S/C26H31NO7/c1-18(28)31-16-23-25(33-15-22-12-8-5-9-13-22)26(34-20(3)30)24(17-32-19(2)29)27(23)14-21-10-6-4-7-11-21/h4-13,23-26H,14-17H2,1-3H3/t23-,24+,25-,26-/m1/s1. The van der Waals surface area contributed by atoms with E-state index in [9.17, 15) is 14.4 Å². The highest BCUT2D eigenvalue weighted by molar-refractivity contribution is 5.67. The third-order valence-electron chi connectivity index (χ3n) is 5.64. The summed E-state index contributed by atoms with van der Waals surface area (Å²) in [4.78, 5) is 37.4. The van der Waals surface area contributed by atoms with Crippen molar-refractivity contribution in [1.82, 2.24) is 4.90 Å². The van der Waals surface area contributed by atoms with Crippen LogP contribution in [0.1, 0.15) is 31.9 Å². The molecular formula is C26H31NO7. The molecule has 0 saturated carbocycles. The van der Waals surface area contributed by atoms with Crippen LogP contribution < -0.4 is 0 Å². The highest BCUT2D eigenvalue weighted by atomic mass is 16.6. The van der Waals surface area contributed by atoms with Gasteiger partial charge in [0, 0.05) is 27.3 Å². The maximum absolute atomic E-state index is 12.1. The SMILES string of the molecule is CC(=O)OC[C@@H]1[C@@H](OCc2ccccc2)[C@H](OC(C)=O)[C@H](COC(C)=O)N1Cc1ccccc1. The molecule has 8 nitrogen and oxygen atoms in total. The Labute approximate surface area is 199 Å². The van der Waals surface area contributed by atoms with Crippen molar-refractivity contribution in [3.05, 3.63) is 71.8 Å². The molecule has 0 amide bonds. The van der Waals surface area contributed by atoms with E-state index in [1.165, 1.54) is 20.8 Å². The number of carbonyl (C=O) groups excluding carboxylic acids is 3. The van der Waals surface area contributed by atoms with Gasteiger partial charge in [-0.15, -0.1) is 0 Å². The fourth-order valence-corrected chi connectivity index (χ4v) is 4.19. The number of ether oxygens (including phenoxy) is 4. The Morgan fingerprint density at radius 3 is 1.71 bits per heavy atom. The van der Waals surface area contributed by atoms with Gasteiger partial charge in [0.2, 0.25) is 0 Å². The van der Waals surface area contributed by atoms with Gasteiger partial charge in [-0.1, -0.05) is 60.7 Å². The summed E-state index contributed by atoms with van der Waals surface area (Å²) < 4.78 is 22.8. The van der Waals surface area contributed by atoms with Gasteiger partial charge in [-0.05, 0) is 11.1 Å². The molecule has 1 aliphatic rings. The molecule has 182 valence electrons. The summed E-state index contributed by atoms with van der Waals surface area (Å²) in [6.07, 6.45) is -1.35. The van der Waals surface area contributed by atoms with Gasteiger partial charge in [0.05, 0.1) is 18.7 Å².